The third-order valence-corrected chi connectivity index (χ3v) is 3.18. The van der Waals surface area contributed by atoms with Gasteiger partial charge in [0.15, 0.2) is 0 Å². The minimum Gasteiger partial charge on any atom is -0.465 e. The van der Waals surface area contributed by atoms with E-state index in [-0.39, 0.29) is 27.5 Å². The predicted molar refractivity (Wildman–Crippen MR) is 64.0 cm³/mol. The van der Waals surface area contributed by atoms with Crippen molar-refractivity contribution in [2.24, 2.45) is 0 Å². The molecular formula is C11H7ClF3NO2S. The van der Waals surface area contributed by atoms with Gasteiger partial charge in [0.25, 0.3) is 0 Å². The fourth-order valence-electron chi connectivity index (χ4n) is 1.33. The molecule has 1 rings (SSSR count). The summed E-state index contributed by atoms with van der Waals surface area (Å²) in [7, 11) is 1.13. The van der Waals surface area contributed by atoms with E-state index in [4.69, 9.17) is 16.9 Å². The van der Waals surface area contributed by atoms with E-state index in [1.165, 1.54) is 0 Å². The summed E-state index contributed by atoms with van der Waals surface area (Å²) in [4.78, 5) is 11.1. The number of nitriles is 1. The predicted octanol–water partition coefficient (Wildman–Crippen LogP) is 3.70. The Morgan fingerprint density at radius 1 is 1.53 bits per heavy atom. The Morgan fingerprint density at radius 3 is 2.58 bits per heavy atom. The molecule has 0 atom stereocenters. The highest BCUT2D eigenvalue weighted by atomic mass is 35.5. The molecule has 0 N–H and O–H groups in total. The molecule has 0 amide bonds. The Hall–Kier alpha value is -1.39. The minimum atomic E-state index is -4.53. The first-order valence-electron chi connectivity index (χ1n) is 4.79. The summed E-state index contributed by atoms with van der Waals surface area (Å²) in [5, 5.41) is 8.84. The second kappa shape index (κ2) is 6.17. The maximum Gasteiger partial charge on any atom is 0.446 e. The molecule has 0 aliphatic rings. The van der Waals surface area contributed by atoms with Crippen LogP contribution in [0.1, 0.15) is 21.5 Å². The Kier molecular flexibility index (Phi) is 5.09. The molecule has 0 bridgehead atoms. The molecular weight excluding hydrogens is 303 g/mol. The molecule has 1 aromatic carbocycles. The SMILES string of the molecule is COC(=O)c1cc(C#N)c(SC(F)(F)F)cc1CCl. The average Bonchev–Trinajstić information content (AvgIpc) is 2.35. The highest BCUT2D eigenvalue weighted by Gasteiger charge is 2.31. The van der Waals surface area contributed by atoms with Gasteiger partial charge in [0.05, 0.1) is 18.2 Å². The van der Waals surface area contributed by atoms with Crippen molar-refractivity contribution in [2.75, 3.05) is 7.11 Å². The standard InChI is InChI=1S/C11H7ClF3NO2S/c1-18-10(17)8-2-7(5-16)9(3-6(8)4-12)19-11(13,14)15/h2-3H,4H2,1H3. The van der Waals surface area contributed by atoms with Crippen LogP contribution in [-0.4, -0.2) is 18.6 Å². The quantitative estimate of drug-likeness (QED) is 0.485. The molecule has 0 fully saturated rings. The topological polar surface area (TPSA) is 50.1 Å². The van der Waals surface area contributed by atoms with Crippen molar-refractivity contribution in [1.29, 1.82) is 5.26 Å². The molecule has 8 heteroatoms. The number of thioether (sulfide) groups is 1. The molecule has 0 unspecified atom stereocenters. The fraction of sp³-hybridized carbons (Fsp3) is 0.273. The number of benzene rings is 1. The van der Waals surface area contributed by atoms with Crippen LogP contribution in [0.2, 0.25) is 0 Å². The number of rotatable bonds is 3. The van der Waals surface area contributed by atoms with Crippen LogP contribution in [0.5, 0.6) is 0 Å². The van der Waals surface area contributed by atoms with Crippen molar-refractivity contribution in [2.45, 2.75) is 16.3 Å². The van der Waals surface area contributed by atoms with Crippen LogP contribution in [0.15, 0.2) is 17.0 Å². The maximum atomic E-state index is 12.3. The molecule has 0 aliphatic heterocycles. The number of hydrogen-bond acceptors (Lipinski definition) is 4. The van der Waals surface area contributed by atoms with E-state index >= 15 is 0 Å². The first kappa shape index (κ1) is 15.7. The number of alkyl halides is 4. The monoisotopic (exact) mass is 309 g/mol. The number of carbonyl (C=O) groups excluding carboxylic acids is 1. The third-order valence-electron chi connectivity index (χ3n) is 2.10. The highest BCUT2D eigenvalue weighted by molar-refractivity contribution is 8.00. The lowest BCUT2D eigenvalue weighted by molar-refractivity contribution is -0.0328. The maximum absolute atomic E-state index is 12.3. The van der Waals surface area contributed by atoms with Gasteiger partial charge >= 0.3 is 11.5 Å². The lowest BCUT2D eigenvalue weighted by atomic mass is 10.1. The van der Waals surface area contributed by atoms with E-state index in [0.717, 1.165) is 19.2 Å². The molecule has 0 radical (unpaired) electrons. The lowest BCUT2D eigenvalue weighted by Gasteiger charge is -2.11. The van der Waals surface area contributed by atoms with Gasteiger partial charge in [-0.15, -0.1) is 11.6 Å². The first-order valence-corrected chi connectivity index (χ1v) is 6.14. The van der Waals surface area contributed by atoms with Gasteiger partial charge in [0, 0.05) is 10.8 Å². The van der Waals surface area contributed by atoms with Gasteiger partial charge in [-0.25, -0.2) is 4.79 Å². The normalized spacial score (nSPS) is 10.9. The number of hydrogen-bond donors (Lipinski definition) is 0. The van der Waals surface area contributed by atoms with Crippen molar-refractivity contribution >= 4 is 29.3 Å². The lowest BCUT2D eigenvalue weighted by Crippen LogP contribution is -2.07. The summed E-state index contributed by atoms with van der Waals surface area (Å²) in [5.74, 6) is -0.919. The Morgan fingerprint density at radius 2 is 2.16 bits per heavy atom. The van der Waals surface area contributed by atoms with Crippen LogP contribution < -0.4 is 0 Å². The number of methoxy groups -OCH3 is 1. The largest absolute Gasteiger partial charge is 0.465 e. The van der Waals surface area contributed by atoms with Crippen LogP contribution in [0, 0.1) is 11.3 Å². The zero-order valence-corrected chi connectivity index (χ0v) is 11.1. The van der Waals surface area contributed by atoms with Crippen LogP contribution in [0.25, 0.3) is 0 Å². The van der Waals surface area contributed by atoms with Gasteiger partial charge in [0.1, 0.15) is 6.07 Å². The van der Waals surface area contributed by atoms with E-state index < -0.39 is 23.2 Å². The number of halogens is 4. The van der Waals surface area contributed by atoms with E-state index in [9.17, 15) is 18.0 Å². The summed E-state index contributed by atoms with van der Waals surface area (Å²) in [6.07, 6.45) is 0. The van der Waals surface area contributed by atoms with Crippen molar-refractivity contribution < 1.29 is 22.7 Å². The molecule has 0 aromatic heterocycles. The van der Waals surface area contributed by atoms with Crippen LogP contribution in [0.3, 0.4) is 0 Å². The number of nitrogens with zero attached hydrogens (tertiary/aromatic N) is 1. The van der Waals surface area contributed by atoms with E-state index in [0.29, 0.717) is 0 Å². The van der Waals surface area contributed by atoms with Crippen molar-refractivity contribution in [1.82, 2.24) is 0 Å². The molecule has 102 valence electrons. The fourth-order valence-corrected chi connectivity index (χ4v) is 2.22. The zero-order chi connectivity index (χ0) is 14.6. The molecule has 0 saturated heterocycles. The third kappa shape index (κ3) is 4.04. The first-order chi connectivity index (χ1) is 8.82. The van der Waals surface area contributed by atoms with Crippen LogP contribution in [0.4, 0.5) is 13.2 Å². The van der Waals surface area contributed by atoms with E-state index in [2.05, 4.69) is 4.74 Å². The van der Waals surface area contributed by atoms with Crippen molar-refractivity contribution in [3.8, 4) is 6.07 Å². The zero-order valence-electron chi connectivity index (χ0n) is 9.55. The molecule has 1 aromatic rings. The van der Waals surface area contributed by atoms with Gasteiger partial charge in [-0.3, -0.25) is 0 Å². The van der Waals surface area contributed by atoms with Gasteiger partial charge < -0.3 is 4.74 Å². The number of carbonyl (C=O) groups is 1. The Balaban J connectivity index is 3.36. The second-order valence-electron chi connectivity index (χ2n) is 3.29. The van der Waals surface area contributed by atoms with E-state index in [1.807, 2.05) is 0 Å². The Labute approximate surface area is 116 Å². The van der Waals surface area contributed by atoms with Gasteiger partial charge in [0.2, 0.25) is 0 Å². The summed E-state index contributed by atoms with van der Waals surface area (Å²) < 4.78 is 41.5. The smallest absolute Gasteiger partial charge is 0.446 e. The molecule has 0 spiro atoms. The second-order valence-corrected chi connectivity index (χ2v) is 4.66. The van der Waals surface area contributed by atoms with Crippen molar-refractivity contribution in [3.05, 3.63) is 28.8 Å². The van der Waals surface area contributed by atoms with Gasteiger partial charge in [-0.05, 0) is 29.5 Å². The molecule has 3 nitrogen and oxygen atoms in total. The minimum absolute atomic E-state index is 0.0134. The number of ether oxygens (including phenoxy) is 1. The summed E-state index contributed by atoms with van der Waals surface area (Å²) in [6.45, 7) is 0. The molecule has 0 heterocycles. The summed E-state index contributed by atoms with van der Waals surface area (Å²) in [5.41, 5.74) is -4.61. The molecule has 19 heavy (non-hydrogen) atoms. The average molecular weight is 310 g/mol. The van der Waals surface area contributed by atoms with Crippen LogP contribution in [-0.2, 0) is 10.6 Å². The van der Waals surface area contributed by atoms with Gasteiger partial charge in [-0.1, -0.05) is 0 Å². The Bertz CT molecular complexity index is 540. The van der Waals surface area contributed by atoms with Crippen molar-refractivity contribution in [3.63, 3.8) is 0 Å². The highest BCUT2D eigenvalue weighted by Crippen LogP contribution is 2.39. The van der Waals surface area contributed by atoms with Gasteiger partial charge in [-0.2, -0.15) is 18.4 Å². The summed E-state index contributed by atoms with van der Waals surface area (Å²) in [6, 6.07) is 3.75. The number of esters is 1. The van der Waals surface area contributed by atoms with E-state index in [1.54, 1.807) is 6.07 Å². The summed E-state index contributed by atoms with van der Waals surface area (Å²) >= 11 is 5.17. The molecule has 0 saturated carbocycles. The van der Waals surface area contributed by atoms with Crippen LogP contribution >= 0.6 is 23.4 Å². The molecule has 0 aliphatic carbocycles.